The van der Waals surface area contributed by atoms with Crippen molar-refractivity contribution in [1.29, 1.82) is 0 Å². The Labute approximate surface area is 112 Å². The molecule has 1 heterocycles. The minimum Gasteiger partial charge on any atom is -0.424 e. The third-order valence-electron chi connectivity index (χ3n) is 2.58. The van der Waals surface area contributed by atoms with Gasteiger partial charge in [0.2, 0.25) is 0 Å². The molecule has 0 amide bonds. The van der Waals surface area contributed by atoms with Gasteiger partial charge in [-0.1, -0.05) is 25.1 Å². The van der Waals surface area contributed by atoms with Gasteiger partial charge in [-0.3, -0.25) is 0 Å². The van der Waals surface area contributed by atoms with E-state index < -0.39 is 0 Å². The third kappa shape index (κ3) is 2.99. The molecule has 2 aromatic rings. The van der Waals surface area contributed by atoms with Crippen molar-refractivity contribution in [2.75, 3.05) is 0 Å². The third-order valence-corrected chi connectivity index (χ3v) is 2.85. The Kier molecular flexibility index (Phi) is 4.15. The van der Waals surface area contributed by atoms with Gasteiger partial charge in [0.25, 0.3) is 0 Å². The summed E-state index contributed by atoms with van der Waals surface area (Å²) in [5, 5.41) is 0. The van der Waals surface area contributed by atoms with Gasteiger partial charge in [0, 0.05) is 5.69 Å². The predicted molar refractivity (Wildman–Crippen MR) is 72.2 cm³/mol. The van der Waals surface area contributed by atoms with Crippen LogP contribution in [0.25, 0.3) is 0 Å². The fourth-order valence-corrected chi connectivity index (χ4v) is 1.85. The fraction of sp³-hybridized carbons (Fsp3) is 0.286. The van der Waals surface area contributed by atoms with Gasteiger partial charge >= 0.3 is 6.01 Å². The number of nitrogens with zero attached hydrogens (tertiary/aromatic N) is 2. The van der Waals surface area contributed by atoms with Gasteiger partial charge in [0.15, 0.2) is 0 Å². The Morgan fingerprint density at radius 1 is 1.22 bits per heavy atom. The Hall–Kier alpha value is -1.61. The summed E-state index contributed by atoms with van der Waals surface area (Å²) in [5.74, 6) is 1.15. The van der Waals surface area contributed by atoms with E-state index in [1.165, 1.54) is 0 Å². The zero-order valence-corrected chi connectivity index (χ0v) is 11.2. The van der Waals surface area contributed by atoms with Crippen LogP contribution in [0.3, 0.4) is 0 Å². The molecule has 1 aromatic carbocycles. The quantitative estimate of drug-likeness (QED) is 0.785. The molecule has 0 aliphatic carbocycles. The fourth-order valence-electron chi connectivity index (χ4n) is 1.71. The van der Waals surface area contributed by atoms with Crippen LogP contribution in [0.4, 0.5) is 0 Å². The summed E-state index contributed by atoms with van der Waals surface area (Å²) in [6.45, 7) is 3.99. The molecule has 0 aliphatic rings. The molecule has 0 unspecified atom stereocenters. The van der Waals surface area contributed by atoms with Crippen LogP contribution in [0.5, 0.6) is 11.8 Å². The standard InChI is InChI=1S/C14H15ClN2O/c1-3-11-6-4-5-7-13(11)18-14-16-10(2)8-12(9-15)17-14/h4-8H,3,9H2,1-2H3. The molecule has 94 valence electrons. The zero-order chi connectivity index (χ0) is 13.0. The molecule has 0 saturated heterocycles. The molecule has 0 N–H and O–H groups in total. The maximum atomic E-state index is 5.79. The van der Waals surface area contributed by atoms with E-state index in [1.807, 2.05) is 37.3 Å². The second-order valence-electron chi connectivity index (χ2n) is 3.98. The van der Waals surface area contributed by atoms with E-state index in [1.54, 1.807) is 0 Å². The molecular weight excluding hydrogens is 248 g/mol. The second-order valence-corrected chi connectivity index (χ2v) is 4.25. The largest absolute Gasteiger partial charge is 0.424 e. The molecule has 0 bridgehead atoms. The van der Waals surface area contributed by atoms with Crippen LogP contribution in [0.15, 0.2) is 30.3 Å². The molecule has 2 rings (SSSR count). The Balaban J connectivity index is 2.30. The molecule has 4 heteroatoms. The van der Waals surface area contributed by atoms with Crippen molar-refractivity contribution >= 4 is 11.6 Å². The van der Waals surface area contributed by atoms with Crippen molar-refractivity contribution in [1.82, 2.24) is 9.97 Å². The van der Waals surface area contributed by atoms with Crippen LogP contribution in [0, 0.1) is 6.92 Å². The maximum Gasteiger partial charge on any atom is 0.322 e. The van der Waals surface area contributed by atoms with Gasteiger partial charge in [-0.15, -0.1) is 11.6 Å². The van der Waals surface area contributed by atoms with Gasteiger partial charge in [-0.25, -0.2) is 4.98 Å². The summed E-state index contributed by atoms with van der Waals surface area (Å²) in [4.78, 5) is 8.52. The number of rotatable bonds is 4. The molecule has 18 heavy (non-hydrogen) atoms. The normalized spacial score (nSPS) is 10.4. The lowest BCUT2D eigenvalue weighted by atomic mass is 10.1. The number of para-hydroxylation sites is 1. The van der Waals surface area contributed by atoms with Gasteiger partial charge in [0.1, 0.15) is 5.75 Å². The van der Waals surface area contributed by atoms with Gasteiger partial charge in [-0.05, 0) is 31.0 Å². The van der Waals surface area contributed by atoms with Gasteiger partial charge in [-0.2, -0.15) is 4.98 Å². The highest BCUT2D eigenvalue weighted by atomic mass is 35.5. The predicted octanol–water partition coefficient (Wildman–Crippen LogP) is 3.88. The van der Waals surface area contributed by atoms with Crippen molar-refractivity contribution < 1.29 is 4.74 Å². The smallest absolute Gasteiger partial charge is 0.322 e. The Morgan fingerprint density at radius 3 is 2.72 bits per heavy atom. The minimum atomic E-state index is 0.353. The van der Waals surface area contributed by atoms with E-state index in [-0.39, 0.29) is 0 Å². The van der Waals surface area contributed by atoms with Crippen molar-refractivity contribution in [2.24, 2.45) is 0 Å². The number of halogens is 1. The van der Waals surface area contributed by atoms with Crippen molar-refractivity contribution in [2.45, 2.75) is 26.1 Å². The van der Waals surface area contributed by atoms with Crippen LogP contribution in [-0.4, -0.2) is 9.97 Å². The molecule has 3 nitrogen and oxygen atoms in total. The number of hydrogen-bond donors (Lipinski definition) is 0. The van der Waals surface area contributed by atoms with E-state index in [9.17, 15) is 0 Å². The minimum absolute atomic E-state index is 0.353. The van der Waals surface area contributed by atoms with Crippen molar-refractivity contribution in [3.05, 3.63) is 47.3 Å². The van der Waals surface area contributed by atoms with Crippen molar-refractivity contribution in [3.8, 4) is 11.8 Å². The first-order chi connectivity index (χ1) is 8.72. The summed E-state index contributed by atoms with van der Waals surface area (Å²) >= 11 is 5.79. The Morgan fingerprint density at radius 2 is 2.00 bits per heavy atom. The van der Waals surface area contributed by atoms with E-state index in [0.29, 0.717) is 11.9 Å². The number of aryl methyl sites for hydroxylation is 2. The summed E-state index contributed by atoms with van der Waals surface area (Å²) in [6, 6.07) is 10.1. The zero-order valence-electron chi connectivity index (χ0n) is 10.5. The summed E-state index contributed by atoms with van der Waals surface area (Å²) in [6.07, 6.45) is 0.907. The van der Waals surface area contributed by atoms with E-state index >= 15 is 0 Å². The van der Waals surface area contributed by atoms with Gasteiger partial charge in [0.05, 0.1) is 11.6 Å². The van der Waals surface area contributed by atoms with Crippen molar-refractivity contribution in [3.63, 3.8) is 0 Å². The average molecular weight is 263 g/mol. The van der Waals surface area contributed by atoms with Crippen LogP contribution in [0.2, 0.25) is 0 Å². The Bertz CT molecular complexity index is 543. The second kappa shape index (κ2) is 5.83. The first-order valence-corrected chi connectivity index (χ1v) is 6.42. The molecular formula is C14H15ClN2O. The summed E-state index contributed by atoms with van der Waals surface area (Å²) in [7, 11) is 0. The van der Waals surface area contributed by atoms with Gasteiger partial charge < -0.3 is 4.74 Å². The molecule has 1 aromatic heterocycles. The molecule has 0 atom stereocenters. The number of hydrogen-bond acceptors (Lipinski definition) is 3. The number of aromatic nitrogens is 2. The lowest BCUT2D eigenvalue weighted by molar-refractivity contribution is 0.434. The molecule has 0 saturated carbocycles. The monoisotopic (exact) mass is 262 g/mol. The van der Waals surface area contributed by atoms with E-state index in [0.717, 1.165) is 29.1 Å². The summed E-state index contributed by atoms with van der Waals surface area (Å²) in [5.41, 5.74) is 2.76. The molecule has 0 radical (unpaired) electrons. The highest BCUT2D eigenvalue weighted by molar-refractivity contribution is 6.16. The van der Waals surface area contributed by atoms with Crippen LogP contribution < -0.4 is 4.74 Å². The molecule has 0 aliphatic heterocycles. The summed E-state index contributed by atoms with van der Waals surface area (Å²) < 4.78 is 5.74. The maximum absolute atomic E-state index is 5.79. The number of alkyl halides is 1. The SMILES string of the molecule is CCc1ccccc1Oc1nc(C)cc(CCl)n1. The first-order valence-electron chi connectivity index (χ1n) is 5.89. The number of ether oxygens (including phenoxy) is 1. The lowest BCUT2D eigenvalue weighted by Gasteiger charge is -2.09. The molecule has 0 fully saturated rings. The topological polar surface area (TPSA) is 35.0 Å². The van der Waals surface area contributed by atoms with E-state index in [4.69, 9.17) is 16.3 Å². The first kappa shape index (κ1) is 12.8. The average Bonchev–Trinajstić information content (AvgIpc) is 2.38. The van der Waals surface area contributed by atoms with Crippen LogP contribution in [-0.2, 0) is 12.3 Å². The lowest BCUT2D eigenvalue weighted by Crippen LogP contribution is -1.98. The highest BCUT2D eigenvalue weighted by Crippen LogP contribution is 2.23. The highest BCUT2D eigenvalue weighted by Gasteiger charge is 2.07. The van der Waals surface area contributed by atoms with Crippen LogP contribution in [0.1, 0.15) is 23.9 Å². The molecule has 0 spiro atoms. The van der Waals surface area contributed by atoms with E-state index in [2.05, 4.69) is 16.9 Å². The number of benzene rings is 1. The van der Waals surface area contributed by atoms with Crippen LogP contribution >= 0.6 is 11.6 Å².